The molecule has 1 fully saturated rings. The van der Waals surface area contributed by atoms with Gasteiger partial charge in [0.15, 0.2) is 0 Å². The number of benzene rings is 2. The molecule has 2 aromatic heterocycles. The average Bonchev–Trinajstić information content (AvgIpc) is 3.29. The van der Waals surface area contributed by atoms with Crippen LogP contribution in [0, 0.1) is 11.8 Å². The van der Waals surface area contributed by atoms with E-state index in [0.29, 0.717) is 5.56 Å². The lowest BCUT2D eigenvalue weighted by Crippen LogP contribution is -2.38. The fourth-order valence-corrected chi connectivity index (χ4v) is 4.86. The summed E-state index contributed by atoms with van der Waals surface area (Å²) in [6.07, 6.45) is 3.07. The smallest absolute Gasteiger partial charge is 0.255 e. The molecule has 7 nitrogen and oxygen atoms in total. The molecule has 1 saturated heterocycles. The summed E-state index contributed by atoms with van der Waals surface area (Å²) in [5.41, 5.74) is 4.22. The van der Waals surface area contributed by atoms with Gasteiger partial charge in [-0.25, -0.2) is 4.98 Å². The number of rotatable bonds is 4. The van der Waals surface area contributed by atoms with Crippen LogP contribution in [0.2, 0.25) is 0 Å². The van der Waals surface area contributed by atoms with Gasteiger partial charge in [-0.2, -0.15) is 5.10 Å². The molecule has 2 aromatic carbocycles. The molecule has 0 saturated carbocycles. The SMILES string of the molecule is CC1CC(C)CN(Cc2nc3ccc(NC(=O)c4ccc5c(cnn5C)c4)cc3[nH]2)C1. The van der Waals surface area contributed by atoms with Crippen LogP contribution in [0.3, 0.4) is 0 Å². The van der Waals surface area contributed by atoms with Crippen molar-refractivity contribution in [3.8, 4) is 0 Å². The molecule has 1 amide bonds. The van der Waals surface area contributed by atoms with Crippen molar-refractivity contribution in [2.75, 3.05) is 18.4 Å². The van der Waals surface area contributed by atoms with Gasteiger partial charge in [-0.05, 0) is 54.7 Å². The zero-order chi connectivity index (χ0) is 21.5. The molecule has 0 aliphatic carbocycles. The first-order chi connectivity index (χ1) is 14.9. The van der Waals surface area contributed by atoms with E-state index in [9.17, 15) is 4.79 Å². The summed E-state index contributed by atoms with van der Waals surface area (Å²) in [5, 5.41) is 8.19. The Balaban J connectivity index is 1.31. The number of aromatic nitrogens is 4. The summed E-state index contributed by atoms with van der Waals surface area (Å²) in [5.74, 6) is 2.28. The Morgan fingerprint density at radius 2 is 1.97 bits per heavy atom. The van der Waals surface area contributed by atoms with E-state index in [1.165, 1.54) is 6.42 Å². The molecule has 7 heteroatoms. The lowest BCUT2D eigenvalue weighted by atomic mass is 9.92. The monoisotopic (exact) mass is 416 g/mol. The number of aromatic amines is 1. The fraction of sp³-hybridized carbons (Fsp3) is 0.375. The van der Waals surface area contributed by atoms with Crippen LogP contribution in [0.4, 0.5) is 5.69 Å². The number of carbonyl (C=O) groups excluding carboxylic acids is 1. The number of piperidine rings is 1. The van der Waals surface area contributed by atoms with Gasteiger partial charge >= 0.3 is 0 Å². The second-order valence-electron chi connectivity index (χ2n) is 9.05. The van der Waals surface area contributed by atoms with Crippen LogP contribution in [0.15, 0.2) is 42.6 Å². The van der Waals surface area contributed by atoms with E-state index >= 15 is 0 Å². The Morgan fingerprint density at radius 3 is 2.77 bits per heavy atom. The Morgan fingerprint density at radius 1 is 1.16 bits per heavy atom. The summed E-state index contributed by atoms with van der Waals surface area (Å²) in [6.45, 7) is 7.70. The number of amides is 1. The van der Waals surface area contributed by atoms with Crippen molar-refractivity contribution in [3.05, 3.63) is 54.0 Å². The van der Waals surface area contributed by atoms with E-state index in [4.69, 9.17) is 4.98 Å². The predicted octanol–water partition coefficient (Wildman–Crippen LogP) is 4.18. The average molecular weight is 417 g/mol. The minimum atomic E-state index is -0.138. The van der Waals surface area contributed by atoms with Crippen molar-refractivity contribution in [3.63, 3.8) is 0 Å². The van der Waals surface area contributed by atoms with Gasteiger partial charge < -0.3 is 10.3 Å². The zero-order valence-electron chi connectivity index (χ0n) is 18.2. The molecule has 0 spiro atoms. The second kappa shape index (κ2) is 7.81. The molecule has 31 heavy (non-hydrogen) atoms. The van der Waals surface area contributed by atoms with Crippen LogP contribution in [0.1, 0.15) is 36.5 Å². The van der Waals surface area contributed by atoms with Gasteiger partial charge in [0.25, 0.3) is 5.91 Å². The highest BCUT2D eigenvalue weighted by Crippen LogP contribution is 2.24. The number of hydrogen-bond acceptors (Lipinski definition) is 4. The third-order valence-electron chi connectivity index (χ3n) is 6.12. The van der Waals surface area contributed by atoms with Crippen molar-refractivity contribution < 1.29 is 4.79 Å². The van der Waals surface area contributed by atoms with Crippen molar-refractivity contribution in [1.29, 1.82) is 0 Å². The molecule has 1 aliphatic rings. The number of fused-ring (bicyclic) bond motifs is 2. The number of nitrogens with zero attached hydrogens (tertiary/aromatic N) is 4. The minimum Gasteiger partial charge on any atom is -0.341 e. The van der Waals surface area contributed by atoms with E-state index in [2.05, 4.69) is 34.1 Å². The molecule has 160 valence electrons. The molecular formula is C24H28N6O. The fourth-order valence-electron chi connectivity index (χ4n) is 4.86. The highest BCUT2D eigenvalue weighted by Gasteiger charge is 2.22. The Bertz CT molecular complexity index is 1250. The summed E-state index contributed by atoms with van der Waals surface area (Å²) in [4.78, 5) is 23.4. The van der Waals surface area contributed by atoms with Crippen molar-refractivity contribution in [1.82, 2.24) is 24.6 Å². The lowest BCUT2D eigenvalue weighted by molar-refractivity contribution is 0.102. The minimum absolute atomic E-state index is 0.138. The third kappa shape index (κ3) is 4.05. The van der Waals surface area contributed by atoms with E-state index in [-0.39, 0.29) is 5.91 Å². The predicted molar refractivity (Wildman–Crippen MR) is 123 cm³/mol. The normalized spacial score (nSPS) is 19.8. The second-order valence-corrected chi connectivity index (χ2v) is 9.05. The quantitative estimate of drug-likeness (QED) is 0.523. The van der Waals surface area contributed by atoms with E-state index < -0.39 is 0 Å². The Kier molecular flexibility index (Phi) is 4.98. The topological polar surface area (TPSA) is 78.8 Å². The highest BCUT2D eigenvalue weighted by molar-refractivity contribution is 6.06. The third-order valence-corrected chi connectivity index (χ3v) is 6.12. The summed E-state index contributed by atoms with van der Waals surface area (Å²) < 4.78 is 1.80. The molecule has 5 rings (SSSR count). The molecule has 4 aromatic rings. The van der Waals surface area contributed by atoms with Gasteiger partial charge in [0.2, 0.25) is 0 Å². The zero-order valence-corrected chi connectivity index (χ0v) is 18.2. The van der Waals surface area contributed by atoms with Gasteiger partial charge in [-0.15, -0.1) is 0 Å². The number of H-pyrrole nitrogens is 1. The lowest BCUT2D eigenvalue weighted by Gasteiger charge is -2.34. The van der Waals surface area contributed by atoms with Crippen molar-refractivity contribution in [2.45, 2.75) is 26.8 Å². The first-order valence-corrected chi connectivity index (χ1v) is 10.9. The standard InChI is InChI=1S/C24H28N6O/c1-15-8-16(2)13-30(12-15)14-23-27-20-6-5-19(10-21(20)28-23)26-24(31)17-4-7-22-18(9-17)11-25-29(22)3/h4-7,9-11,15-16H,8,12-14H2,1-3H3,(H,26,31)(H,27,28). The summed E-state index contributed by atoms with van der Waals surface area (Å²) >= 11 is 0. The van der Waals surface area contributed by atoms with Crippen LogP contribution < -0.4 is 5.32 Å². The van der Waals surface area contributed by atoms with E-state index in [1.54, 1.807) is 10.9 Å². The van der Waals surface area contributed by atoms with Crippen LogP contribution in [-0.2, 0) is 13.6 Å². The molecule has 1 aliphatic heterocycles. The van der Waals surface area contributed by atoms with Crippen molar-refractivity contribution in [2.24, 2.45) is 18.9 Å². The number of carbonyl (C=O) groups is 1. The number of anilines is 1. The van der Waals surface area contributed by atoms with Gasteiger partial charge in [0, 0.05) is 36.8 Å². The maximum Gasteiger partial charge on any atom is 0.255 e. The molecular weight excluding hydrogens is 388 g/mol. The molecule has 2 atom stereocenters. The number of nitrogens with one attached hydrogen (secondary N) is 2. The highest BCUT2D eigenvalue weighted by atomic mass is 16.1. The molecule has 0 bridgehead atoms. The van der Waals surface area contributed by atoms with Crippen molar-refractivity contribution >= 4 is 33.5 Å². The Labute approximate surface area is 181 Å². The molecule has 2 N–H and O–H groups in total. The molecule has 0 radical (unpaired) electrons. The molecule has 3 heterocycles. The first-order valence-electron chi connectivity index (χ1n) is 10.9. The number of aryl methyl sites for hydroxylation is 1. The van der Waals surface area contributed by atoms with Gasteiger partial charge in [-0.3, -0.25) is 14.4 Å². The summed E-state index contributed by atoms with van der Waals surface area (Å²) in [6, 6.07) is 11.4. The molecule has 2 unspecified atom stereocenters. The van der Waals surface area contributed by atoms with E-state index in [0.717, 1.165) is 64.9 Å². The summed E-state index contributed by atoms with van der Waals surface area (Å²) in [7, 11) is 1.89. The first kappa shape index (κ1) is 19.8. The van der Waals surface area contributed by atoms with Crippen LogP contribution >= 0.6 is 0 Å². The van der Waals surface area contributed by atoms with Crippen LogP contribution in [0.25, 0.3) is 21.9 Å². The van der Waals surface area contributed by atoms with Crippen LogP contribution in [0.5, 0.6) is 0 Å². The van der Waals surface area contributed by atoms with Gasteiger partial charge in [0.1, 0.15) is 5.82 Å². The van der Waals surface area contributed by atoms with Gasteiger partial charge in [0.05, 0.1) is 29.3 Å². The number of likely N-dealkylation sites (tertiary alicyclic amines) is 1. The van der Waals surface area contributed by atoms with Crippen LogP contribution in [-0.4, -0.2) is 43.6 Å². The largest absolute Gasteiger partial charge is 0.341 e. The van der Waals surface area contributed by atoms with Gasteiger partial charge in [-0.1, -0.05) is 13.8 Å². The Hall–Kier alpha value is -3.19. The maximum absolute atomic E-state index is 12.8. The number of hydrogen-bond donors (Lipinski definition) is 2. The van der Waals surface area contributed by atoms with E-state index in [1.807, 2.05) is 43.4 Å². The number of imidazole rings is 1. The maximum atomic E-state index is 12.8.